The highest BCUT2D eigenvalue weighted by atomic mass is 16.4. The van der Waals surface area contributed by atoms with Gasteiger partial charge in [0.15, 0.2) is 0 Å². The van der Waals surface area contributed by atoms with Gasteiger partial charge in [-0.25, -0.2) is 9.78 Å². The van der Waals surface area contributed by atoms with Gasteiger partial charge in [0.1, 0.15) is 5.82 Å². The topological polar surface area (TPSA) is 69.2 Å². The van der Waals surface area contributed by atoms with Gasteiger partial charge in [0, 0.05) is 18.4 Å². The van der Waals surface area contributed by atoms with E-state index in [2.05, 4.69) is 14.9 Å². The van der Waals surface area contributed by atoms with Crippen molar-refractivity contribution in [2.75, 3.05) is 7.05 Å². The molecule has 0 unspecified atom stereocenters. The zero-order valence-electron chi connectivity index (χ0n) is 11.1. The van der Waals surface area contributed by atoms with Crippen LogP contribution in [-0.2, 0) is 13.1 Å². The van der Waals surface area contributed by atoms with Crippen LogP contribution in [0.15, 0.2) is 30.5 Å². The van der Waals surface area contributed by atoms with Crippen LogP contribution in [0.5, 0.6) is 0 Å². The van der Waals surface area contributed by atoms with Crippen molar-refractivity contribution in [1.29, 1.82) is 0 Å². The van der Waals surface area contributed by atoms with Gasteiger partial charge < -0.3 is 10.1 Å². The lowest BCUT2D eigenvalue weighted by molar-refractivity contribution is 0.0697. The predicted molar refractivity (Wildman–Crippen MR) is 71.9 cm³/mol. The Hall–Kier alpha value is -2.14. The number of hydrogen-bond donors (Lipinski definition) is 2. The highest BCUT2D eigenvalue weighted by molar-refractivity contribution is 5.87. The van der Waals surface area contributed by atoms with Crippen LogP contribution < -0.4 is 0 Å². The third-order valence-corrected chi connectivity index (χ3v) is 2.83. The van der Waals surface area contributed by atoms with Gasteiger partial charge >= 0.3 is 5.97 Å². The van der Waals surface area contributed by atoms with Crippen LogP contribution >= 0.6 is 0 Å². The number of carbonyl (C=O) groups is 1. The second-order valence-corrected chi connectivity index (χ2v) is 4.69. The van der Waals surface area contributed by atoms with Crippen molar-refractivity contribution in [3.05, 3.63) is 53.1 Å². The lowest BCUT2D eigenvalue weighted by Crippen LogP contribution is -2.18. The van der Waals surface area contributed by atoms with E-state index in [-0.39, 0.29) is 0 Å². The van der Waals surface area contributed by atoms with Crippen molar-refractivity contribution in [1.82, 2.24) is 14.9 Å². The molecule has 2 aromatic rings. The third-order valence-electron chi connectivity index (χ3n) is 2.83. The number of aromatic amines is 1. The minimum absolute atomic E-state index is 0.313. The number of nitrogens with one attached hydrogen (secondary N) is 1. The molecule has 0 atom stereocenters. The second kappa shape index (κ2) is 5.67. The third kappa shape index (κ3) is 3.66. The number of nitrogens with zero attached hydrogens (tertiary/aromatic N) is 2. The number of benzene rings is 1. The largest absolute Gasteiger partial charge is 0.478 e. The molecule has 5 nitrogen and oxygen atoms in total. The maximum Gasteiger partial charge on any atom is 0.335 e. The molecule has 0 saturated carbocycles. The molecule has 0 radical (unpaired) electrons. The van der Waals surface area contributed by atoms with E-state index in [1.165, 1.54) is 0 Å². The van der Waals surface area contributed by atoms with Gasteiger partial charge in [0.2, 0.25) is 0 Å². The number of imidazole rings is 1. The average molecular weight is 259 g/mol. The van der Waals surface area contributed by atoms with Crippen LogP contribution in [0.3, 0.4) is 0 Å². The van der Waals surface area contributed by atoms with Gasteiger partial charge in [0.25, 0.3) is 0 Å². The Kier molecular flexibility index (Phi) is 3.97. The first kappa shape index (κ1) is 13.3. The SMILES string of the molecule is Cc1cnc(CN(C)Cc2ccc(C(=O)O)cc2)[nH]1. The Morgan fingerprint density at radius 2 is 2.00 bits per heavy atom. The van der Waals surface area contributed by atoms with Gasteiger partial charge in [-0.1, -0.05) is 12.1 Å². The van der Waals surface area contributed by atoms with Gasteiger partial charge in [-0.3, -0.25) is 4.90 Å². The summed E-state index contributed by atoms with van der Waals surface area (Å²) in [6, 6.07) is 6.94. The number of rotatable bonds is 5. The Balaban J connectivity index is 1.94. The van der Waals surface area contributed by atoms with E-state index in [1.54, 1.807) is 12.1 Å². The number of carboxylic acids is 1. The van der Waals surface area contributed by atoms with Crippen LogP contribution in [0, 0.1) is 6.92 Å². The molecule has 19 heavy (non-hydrogen) atoms. The summed E-state index contributed by atoms with van der Waals surface area (Å²) in [6.45, 7) is 3.45. The molecule has 0 fully saturated rings. The minimum atomic E-state index is -0.897. The van der Waals surface area contributed by atoms with Crippen molar-refractivity contribution in [3.8, 4) is 0 Å². The summed E-state index contributed by atoms with van der Waals surface area (Å²) in [6.07, 6.45) is 1.81. The average Bonchev–Trinajstić information content (AvgIpc) is 2.75. The van der Waals surface area contributed by atoms with Gasteiger partial charge in [-0.15, -0.1) is 0 Å². The van der Waals surface area contributed by atoms with Gasteiger partial charge in [-0.2, -0.15) is 0 Å². The Morgan fingerprint density at radius 3 is 2.53 bits per heavy atom. The van der Waals surface area contributed by atoms with Crippen LogP contribution in [0.25, 0.3) is 0 Å². The molecule has 0 aliphatic heterocycles. The molecule has 2 rings (SSSR count). The molecule has 1 aromatic carbocycles. The number of aryl methyl sites for hydroxylation is 1. The number of aromatic nitrogens is 2. The standard InChI is InChI=1S/C14H17N3O2/c1-10-7-15-13(16-10)9-17(2)8-11-3-5-12(6-4-11)14(18)19/h3-7H,8-9H2,1-2H3,(H,15,16)(H,18,19). The summed E-state index contributed by atoms with van der Waals surface area (Å²) in [5.41, 5.74) is 2.44. The molecule has 0 aliphatic rings. The summed E-state index contributed by atoms with van der Waals surface area (Å²) in [4.78, 5) is 20.3. The van der Waals surface area contributed by atoms with E-state index >= 15 is 0 Å². The number of H-pyrrole nitrogens is 1. The first-order valence-electron chi connectivity index (χ1n) is 6.06. The van der Waals surface area contributed by atoms with E-state index in [9.17, 15) is 4.79 Å². The maximum absolute atomic E-state index is 10.8. The van der Waals surface area contributed by atoms with E-state index in [0.29, 0.717) is 5.56 Å². The van der Waals surface area contributed by atoms with E-state index in [4.69, 9.17) is 5.11 Å². The molecule has 1 aromatic heterocycles. The molecular weight excluding hydrogens is 242 g/mol. The van der Waals surface area contributed by atoms with Gasteiger partial charge in [-0.05, 0) is 31.7 Å². The van der Waals surface area contributed by atoms with Crippen molar-refractivity contribution < 1.29 is 9.90 Å². The number of aromatic carboxylic acids is 1. The number of hydrogen-bond acceptors (Lipinski definition) is 3. The summed E-state index contributed by atoms with van der Waals surface area (Å²) in [5, 5.41) is 8.83. The lowest BCUT2D eigenvalue weighted by Gasteiger charge is -2.15. The number of carboxylic acid groups (broad SMARTS) is 1. The first-order valence-corrected chi connectivity index (χ1v) is 6.06. The molecule has 2 N–H and O–H groups in total. The molecule has 0 aliphatic carbocycles. The Labute approximate surface area is 111 Å². The van der Waals surface area contributed by atoms with E-state index in [1.807, 2.05) is 32.3 Å². The fourth-order valence-electron chi connectivity index (χ4n) is 1.92. The molecular formula is C14H17N3O2. The Morgan fingerprint density at radius 1 is 1.32 bits per heavy atom. The van der Waals surface area contributed by atoms with Crippen molar-refractivity contribution >= 4 is 5.97 Å². The summed E-state index contributed by atoms with van der Waals surface area (Å²) < 4.78 is 0. The van der Waals surface area contributed by atoms with Crippen LogP contribution in [0.1, 0.15) is 27.4 Å². The smallest absolute Gasteiger partial charge is 0.335 e. The zero-order chi connectivity index (χ0) is 13.8. The Bertz CT molecular complexity index is 560. The predicted octanol–water partition coefficient (Wildman–Crippen LogP) is 2.05. The first-order chi connectivity index (χ1) is 9.04. The van der Waals surface area contributed by atoms with Crippen molar-refractivity contribution in [2.24, 2.45) is 0 Å². The fraction of sp³-hybridized carbons (Fsp3) is 0.286. The van der Waals surface area contributed by atoms with Crippen LogP contribution in [0.4, 0.5) is 0 Å². The molecule has 0 bridgehead atoms. The van der Waals surface area contributed by atoms with Crippen LogP contribution in [-0.4, -0.2) is 33.0 Å². The summed E-state index contributed by atoms with van der Waals surface area (Å²) in [5.74, 6) is 0.0353. The van der Waals surface area contributed by atoms with E-state index in [0.717, 1.165) is 30.2 Å². The molecule has 0 amide bonds. The van der Waals surface area contributed by atoms with E-state index < -0.39 is 5.97 Å². The second-order valence-electron chi connectivity index (χ2n) is 4.69. The highest BCUT2D eigenvalue weighted by Crippen LogP contribution is 2.08. The monoisotopic (exact) mass is 259 g/mol. The minimum Gasteiger partial charge on any atom is -0.478 e. The normalized spacial score (nSPS) is 10.9. The summed E-state index contributed by atoms with van der Waals surface area (Å²) in [7, 11) is 2.00. The molecule has 0 saturated heterocycles. The zero-order valence-corrected chi connectivity index (χ0v) is 11.1. The quantitative estimate of drug-likeness (QED) is 0.862. The molecule has 100 valence electrons. The highest BCUT2D eigenvalue weighted by Gasteiger charge is 2.06. The van der Waals surface area contributed by atoms with Crippen molar-refractivity contribution in [3.63, 3.8) is 0 Å². The fourth-order valence-corrected chi connectivity index (χ4v) is 1.92. The molecule has 5 heteroatoms. The lowest BCUT2D eigenvalue weighted by atomic mass is 10.1. The molecule has 1 heterocycles. The summed E-state index contributed by atoms with van der Waals surface area (Å²) >= 11 is 0. The molecule has 0 spiro atoms. The maximum atomic E-state index is 10.8. The van der Waals surface area contributed by atoms with Crippen molar-refractivity contribution in [2.45, 2.75) is 20.0 Å². The van der Waals surface area contributed by atoms with Crippen LogP contribution in [0.2, 0.25) is 0 Å². The van der Waals surface area contributed by atoms with Gasteiger partial charge in [0.05, 0.1) is 12.1 Å².